The highest BCUT2D eigenvalue weighted by Gasteiger charge is 2.63. The molecule has 224 valence electrons. The molecule has 0 aliphatic heterocycles. The van der Waals surface area contributed by atoms with Gasteiger partial charge in [-0.1, -0.05) is 79.0 Å². The number of carbonyl (C=O) groups is 2. The fourth-order valence-electron chi connectivity index (χ4n) is 10.7. The SMILES string of the molecule is CC(C)CCCC(C)C1CCC2C3CC(OC=O)C4CC(OC(=O)C5=CCC(C)C=C5)CCC4(C)C3CCC12C. The van der Waals surface area contributed by atoms with Gasteiger partial charge in [0.2, 0.25) is 0 Å². The molecule has 0 N–H and O–H groups in total. The lowest BCUT2D eigenvalue weighted by atomic mass is 9.43. The van der Waals surface area contributed by atoms with E-state index in [1.807, 2.05) is 12.2 Å². The topological polar surface area (TPSA) is 52.6 Å². The quantitative estimate of drug-likeness (QED) is 0.212. The van der Waals surface area contributed by atoms with Crippen molar-refractivity contribution in [1.29, 1.82) is 0 Å². The van der Waals surface area contributed by atoms with Crippen molar-refractivity contribution in [3.8, 4) is 0 Å². The molecule has 4 saturated carbocycles. The molecule has 4 nitrogen and oxygen atoms in total. The summed E-state index contributed by atoms with van der Waals surface area (Å²) < 4.78 is 12.0. The second kappa shape index (κ2) is 12.0. The summed E-state index contributed by atoms with van der Waals surface area (Å²) in [6.07, 6.45) is 20.0. The smallest absolute Gasteiger partial charge is 0.338 e. The van der Waals surface area contributed by atoms with Crippen LogP contribution in [-0.2, 0) is 19.1 Å². The first-order valence-corrected chi connectivity index (χ1v) is 16.7. The zero-order valence-corrected chi connectivity index (χ0v) is 26.2. The third kappa shape index (κ3) is 5.59. The molecule has 4 fully saturated rings. The molecule has 4 heteroatoms. The fourth-order valence-corrected chi connectivity index (χ4v) is 10.7. The monoisotopic (exact) mass is 552 g/mol. The van der Waals surface area contributed by atoms with Crippen LogP contribution in [0.2, 0.25) is 0 Å². The van der Waals surface area contributed by atoms with Crippen LogP contribution in [0.15, 0.2) is 23.8 Å². The number of ether oxygens (including phenoxy) is 2. The molecule has 0 aromatic rings. The van der Waals surface area contributed by atoms with Gasteiger partial charge in [-0.05, 0) is 110 Å². The van der Waals surface area contributed by atoms with Crippen LogP contribution in [0.1, 0.15) is 119 Å². The highest BCUT2D eigenvalue weighted by Crippen LogP contribution is 2.68. The standard InChI is InChI=1S/C36H56O4/c1-23(2)8-7-9-25(4)29-14-15-30-28-21-33(39-22-37)32-20-27(40-34(38)26-12-10-24(3)11-13-26)16-18-36(32,6)31(28)17-19-35(29,30)5/h10,12-13,22-25,27-33H,7-9,11,14-21H2,1-6H3. The average Bonchev–Trinajstić information content (AvgIpc) is 3.27. The minimum atomic E-state index is -0.189. The molecular weight excluding hydrogens is 496 g/mol. The van der Waals surface area contributed by atoms with Crippen LogP contribution in [0, 0.1) is 58.2 Å². The largest absolute Gasteiger partial charge is 0.464 e. The molecule has 11 unspecified atom stereocenters. The molecule has 0 aromatic carbocycles. The Bertz CT molecular complexity index is 981. The first-order valence-electron chi connectivity index (χ1n) is 16.7. The van der Waals surface area contributed by atoms with Gasteiger partial charge in [-0.3, -0.25) is 4.79 Å². The normalized spacial score (nSPS) is 43.2. The van der Waals surface area contributed by atoms with Crippen molar-refractivity contribution in [3.63, 3.8) is 0 Å². The van der Waals surface area contributed by atoms with Crippen molar-refractivity contribution in [2.24, 2.45) is 58.2 Å². The minimum absolute atomic E-state index is 0.0650. The van der Waals surface area contributed by atoms with Crippen LogP contribution < -0.4 is 0 Å². The van der Waals surface area contributed by atoms with Crippen molar-refractivity contribution in [2.75, 3.05) is 0 Å². The number of carbonyl (C=O) groups excluding carboxylic acids is 2. The van der Waals surface area contributed by atoms with Gasteiger partial charge in [0, 0.05) is 5.92 Å². The van der Waals surface area contributed by atoms with Crippen molar-refractivity contribution in [2.45, 2.75) is 131 Å². The van der Waals surface area contributed by atoms with Gasteiger partial charge >= 0.3 is 5.97 Å². The van der Waals surface area contributed by atoms with Gasteiger partial charge in [0.05, 0.1) is 5.57 Å². The summed E-state index contributed by atoms with van der Waals surface area (Å²) in [6, 6.07) is 0. The maximum Gasteiger partial charge on any atom is 0.338 e. The van der Waals surface area contributed by atoms with E-state index in [1.54, 1.807) is 0 Å². The molecule has 0 aromatic heterocycles. The zero-order chi connectivity index (χ0) is 28.7. The maximum atomic E-state index is 13.0. The Kier molecular flexibility index (Phi) is 8.94. The molecule has 0 saturated heterocycles. The lowest BCUT2D eigenvalue weighted by molar-refractivity contribution is -0.191. The van der Waals surface area contributed by atoms with E-state index in [2.05, 4.69) is 47.6 Å². The van der Waals surface area contributed by atoms with Crippen LogP contribution in [0.25, 0.3) is 0 Å². The lowest BCUT2D eigenvalue weighted by Gasteiger charge is -2.62. The average molecular weight is 553 g/mol. The van der Waals surface area contributed by atoms with E-state index in [1.165, 1.54) is 44.9 Å². The number of fused-ring (bicyclic) bond motifs is 5. The predicted molar refractivity (Wildman–Crippen MR) is 160 cm³/mol. The van der Waals surface area contributed by atoms with E-state index in [0.29, 0.717) is 35.2 Å². The minimum Gasteiger partial charge on any atom is -0.464 e. The highest BCUT2D eigenvalue weighted by atomic mass is 16.5. The Morgan fingerprint density at radius 3 is 2.45 bits per heavy atom. The molecule has 5 aliphatic rings. The van der Waals surface area contributed by atoms with E-state index in [-0.39, 0.29) is 29.5 Å². The summed E-state index contributed by atoms with van der Waals surface area (Å²) in [5.74, 6) is 5.01. The molecule has 11 atom stereocenters. The van der Waals surface area contributed by atoms with Gasteiger partial charge in [-0.25, -0.2) is 4.79 Å². The fraction of sp³-hybridized carbons (Fsp3) is 0.833. The van der Waals surface area contributed by atoms with Crippen molar-refractivity contribution in [1.82, 2.24) is 0 Å². The van der Waals surface area contributed by atoms with Crippen molar-refractivity contribution < 1.29 is 19.1 Å². The van der Waals surface area contributed by atoms with Gasteiger partial charge in [0.25, 0.3) is 6.47 Å². The molecule has 0 spiro atoms. The number of allylic oxidation sites excluding steroid dienone is 2. The zero-order valence-electron chi connectivity index (χ0n) is 26.2. The Morgan fingerprint density at radius 2 is 1.75 bits per heavy atom. The van der Waals surface area contributed by atoms with Crippen molar-refractivity contribution >= 4 is 12.4 Å². The summed E-state index contributed by atoms with van der Waals surface area (Å²) >= 11 is 0. The molecule has 5 rings (SSSR count). The summed E-state index contributed by atoms with van der Waals surface area (Å²) in [6.45, 7) is 15.2. The third-order valence-corrected chi connectivity index (χ3v) is 12.9. The second-order valence-electron chi connectivity index (χ2n) is 15.6. The van der Waals surface area contributed by atoms with Gasteiger partial charge in [-0.15, -0.1) is 0 Å². The first kappa shape index (κ1) is 29.9. The number of hydrogen-bond acceptors (Lipinski definition) is 4. The molecule has 0 bridgehead atoms. The summed E-state index contributed by atoms with van der Waals surface area (Å²) in [7, 11) is 0. The molecular formula is C36H56O4. The Hall–Kier alpha value is -1.58. The van der Waals surface area contributed by atoms with Gasteiger partial charge < -0.3 is 9.47 Å². The molecule has 40 heavy (non-hydrogen) atoms. The third-order valence-electron chi connectivity index (χ3n) is 12.9. The first-order chi connectivity index (χ1) is 19.1. The summed E-state index contributed by atoms with van der Waals surface area (Å²) in [5.41, 5.74) is 1.25. The van der Waals surface area contributed by atoms with Crippen LogP contribution in [0.3, 0.4) is 0 Å². The summed E-state index contributed by atoms with van der Waals surface area (Å²) in [5, 5.41) is 0. The number of hydrogen-bond donors (Lipinski definition) is 0. The predicted octanol–water partition coefficient (Wildman–Crippen LogP) is 8.69. The van der Waals surface area contributed by atoms with Crippen molar-refractivity contribution in [3.05, 3.63) is 23.8 Å². The second-order valence-corrected chi connectivity index (χ2v) is 15.6. The number of esters is 1. The van der Waals surface area contributed by atoms with Crippen LogP contribution in [-0.4, -0.2) is 24.6 Å². The van der Waals surface area contributed by atoms with E-state index in [0.717, 1.165) is 55.8 Å². The summed E-state index contributed by atoms with van der Waals surface area (Å²) in [4.78, 5) is 24.7. The van der Waals surface area contributed by atoms with E-state index >= 15 is 0 Å². The van der Waals surface area contributed by atoms with E-state index in [9.17, 15) is 9.59 Å². The van der Waals surface area contributed by atoms with E-state index < -0.39 is 0 Å². The molecule has 0 heterocycles. The van der Waals surface area contributed by atoms with Gasteiger partial charge in [-0.2, -0.15) is 0 Å². The molecule has 0 amide bonds. The maximum absolute atomic E-state index is 13.0. The highest BCUT2D eigenvalue weighted by molar-refractivity contribution is 5.91. The number of rotatable bonds is 9. The van der Waals surface area contributed by atoms with Gasteiger partial charge in [0.15, 0.2) is 0 Å². The Morgan fingerprint density at radius 1 is 1.00 bits per heavy atom. The lowest BCUT2D eigenvalue weighted by Crippen LogP contribution is -2.59. The molecule has 5 aliphatic carbocycles. The van der Waals surface area contributed by atoms with E-state index in [4.69, 9.17) is 9.47 Å². The van der Waals surface area contributed by atoms with Crippen LogP contribution in [0.5, 0.6) is 0 Å². The van der Waals surface area contributed by atoms with Crippen LogP contribution in [0.4, 0.5) is 0 Å². The van der Waals surface area contributed by atoms with Gasteiger partial charge in [0.1, 0.15) is 12.2 Å². The Balaban J connectivity index is 1.29. The van der Waals surface area contributed by atoms with Crippen LogP contribution >= 0.6 is 0 Å². The molecule has 0 radical (unpaired) electrons. The Labute approximate surface area is 244 Å².